The zero-order valence-corrected chi connectivity index (χ0v) is 16.2. The minimum atomic E-state index is -0.446. The van der Waals surface area contributed by atoms with Crippen molar-refractivity contribution < 1.29 is 9.72 Å². The SMILES string of the molecule is Cl.NC1CC2CCCC(C1)C2NC(=O)c1cnn(-c2ccc([N+](=O)[O-])cc2)c1. The number of nitro groups is 1. The van der Waals surface area contributed by atoms with Crippen molar-refractivity contribution >= 4 is 24.0 Å². The zero-order valence-electron chi connectivity index (χ0n) is 15.4. The van der Waals surface area contributed by atoms with Crippen LogP contribution in [-0.2, 0) is 0 Å². The average molecular weight is 406 g/mol. The van der Waals surface area contributed by atoms with E-state index in [0.717, 1.165) is 25.7 Å². The van der Waals surface area contributed by atoms with Crippen molar-refractivity contribution in [3.8, 4) is 5.69 Å². The Kier molecular flexibility index (Phi) is 6.00. The summed E-state index contributed by atoms with van der Waals surface area (Å²) in [5.41, 5.74) is 7.33. The molecule has 2 bridgehead atoms. The van der Waals surface area contributed by atoms with E-state index in [-0.39, 0.29) is 36.1 Å². The maximum Gasteiger partial charge on any atom is 0.269 e. The Balaban J connectivity index is 0.00000225. The van der Waals surface area contributed by atoms with E-state index in [1.807, 2.05) is 0 Å². The summed E-state index contributed by atoms with van der Waals surface area (Å²) in [6, 6.07) is 6.50. The zero-order chi connectivity index (χ0) is 19.0. The van der Waals surface area contributed by atoms with Crippen LogP contribution in [0, 0.1) is 22.0 Å². The predicted molar refractivity (Wildman–Crippen MR) is 107 cm³/mol. The van der Waals surface area contributed by atoms with Gasteiger partial charge in [-0.3, -0.25) is 14.9 Å². The Labute approximate surface area is 169 Å². The van der Waals surface area contributed by atoms with Crippen LogP contribution in [0.4, 0.5) is 5.69 Å². The van der Waals surface area contributed by atoms with Crippen molar-refractivity contribution in [1.29, 1.82) is 0 Å². The summed E-state index contributed by atoms with van der Waals surface area (Å²) in [5.74, 6) is 0.794. The van der Waals surface area contributed by atoms with Gasteiger partial charge in [0.05, 0.1) is 22.4 Å². The third kappa shape index (κ3) is 4.02. The molecule has 0 saturated heterocycles. The van der Waals surface area contributed by atoms with Gasteiger partial charge >= 0.3 is 0 Å². The first-order valence-corrected chi connectivity index (χ1v) is 9.37. The number of benzene rings is 1. The number of amides is 1. The molecule has 1 amide bonds. The molecule has 2 aliphatic rings. The molecule has 2 aromatic rings. The van der Waals surface area contributed by atoms with Crippen molar-refractivity contribution in [2.24, 2.45) is 17.6 Å². The summed E-state index contributed by atoms with van der Waals surface area (Å²) in [6.45, 7) is 0. The molecule has 0 radical (unpaired) electrons. The number of nitrogens with one attached hydrogen (secondary N) is 1. The average Bonchev–Trinajstić information content (AvgIpc) is 3.13. The minimum absolute atomic E-state index is 0. The maximum absolute atomic E-state index is 12.7. The normalized spacial score (nSPS) is 26.2. The van der Waals surface area contributed by atoms with Crippen molar-refractivity contribution in [3.63, 3.8) is 0 Å². The number of nitrogens with zero attached hydrogens (tertiary/aromatic N) is 3. The molecule has 9 heteroatoms. The van der Waals surface area contributed by atoms with Gasteiger partial charge in [0.1, 0.15) is 0 Å². The van der Waals surface area contributed by atoms with Crippen LogP contribution in [-0.4, -0.2) is 32.7 Å². The Hall–Kier alpha value is -2.45. The van der Waals surface area contributed by atoms with E-state index in [1.54, 1.807) is 23.0 Å². The second-order valence-corrected chi connectivity index (χ2v) is 7.63. The van der Waals surface area contributed by atoms with Crippen molar-refractivity contribution in [2.45, 2.75) is 44.2 Å². The fraction of sp³-hybridized carbons (Fsp3) is 0.474. The molecule has 2 unspecified atom stereocenters. The highest BCUT2D eigenvalue weighted by Crippen LogP contribution is 2.39. The van der Waals surface area contributed by atoms with Gasteiger partial charge in [-0.15, -0.1) is 12.4 Å². The second-order valence-electron chi connectivity index (χ2n) is 7.63. The fourth-order valence-electron chi connectivity index (χ4n) is 4.57. The van der Waals surface area contributed by atoms with Crippen molar-refractivity contribution in [2.75, 3.05) is 0 Å². The number of aromatic nitrogens is 2. The molecule has 1 heterocycles. The number of non-ortho nitro benzene ring substituents is 1. The summed E-state index contributed by atoms with van der Waals surface area (Å²) >= 11 is 0. The van der Waals surface area contributed by atoms with Crippen molar-refractivity contribution in [1.82, 2.24) is 15.1 Å². The van der Waals surface area contributed by atoms with Crippen LogP contribution in [0.2, 0.25) is 0 Å². The topological polar surface area (TPSA) is 116 Å². The van der Waals surface area contributed by atoms with E-state index in [9.17, 15) is 14.9 Å². The Morgan fingerprint density at radius 2 is 1.86 bits per heavy atom. The largest absolute Gasteiger partial charge is 0.349 e. The van der Waals surface area contributed by atoms with E-state index >= 15 is 0 Å². The molecule has 0 spiro atoms. The highest BCUT2D eigenvalue weighted by molar-refractivity contribution is 5.94. The molecule has 2 saturated carbocycles. The van der Waals surface area contributed by atoms with E-state index in [0.29, 0.717) is 23.1 Å². The predicted octanol–water partition coefficient (Wildman–Crippen LogP) is 2.84. The van der Waals surface area contributed by atoms with E-state index in [1.165, 1.54) is 24.8 Å². The molecular weight excluding hydrogens is 382 g/mol. The molecule has 2 atom stereocenters. The van der Waals surface area contributed by atoms with Gasteiger partial charge in [0.15, 0.2) is 0 Å². The summed E-state index contributed by atoms with van der Waals surface area (Å²) in [4.78, 5) is 23.0. The standard InChI is InChI=1S/C19H23N5O3.ClH/c20-15-8-12-2-1-3-13(9-15)18(12)22-19(25)14-10-21-23(11-14)16-4-6-17(7-5-16)24(26)27;/h4-7,10-13,15,18H,1-3,8-9,20H2,(H,22,25);1H. The first kappa shape index (κ1) is 20.3. The lowest BCUT2D eigenvalue weighted by Crippen LogP contribution is -2.53. The van der Waals surface area contributed by atoms with Crippen LogP contribution in [0.25, 0.3) is 5.69 Å². The van der Waals surface area contributed by atoms with Gasteiger partial charge < -0.3 is 11.1 Å². The monoisotopic (exact) mass is 405 g/mol. The number of hydrogen-bond donors (Lipinski definition) is 2. The van der Waals surface area contributed by atoms with Gasteiger partial charge in [0.2, 0.25) is 0 Å². The molecule has 3 N–H and O–H groups in total. The molecule has 8 nitrogen and oxygen atoms in total. The maximum atomic E-state index is 12.7. The van der Waals surface area contributed by atoms with Gasteiger partial charge in [0, 0.05) is 30.4 Å². The summed E-state index contributed by atoms with van der Waals surface area (Å²) in [6.07, 6.45) is 8.59. The number of hydrogen-bond acceptors (Lipinski definition) is 5. The molecule has 28 heavy (non-hydrogen) atoms. The van der Waals surface area contributed by atoms with Gasteiger partial charge in [-0.1, -0.05) is 6.42 Å². The van der Waals surface area contributed by atoms with E-state index in [4.69, 9.17) is 5.73 Å². The smallest absolute Gasteiger partial charge is 0.269 e. The number of rotatable bonds is 4. The number of fused-ring (bicyclic) bond motifs is 2. The van der Waals surface area contributed by atoms with Gasteiger partial charge in [-0.05, 0) is 49.7 Å². The van der Waals surface area contributed by atoms with Crippen LogP contribution in [0.1, 0.15) is 42.5 Å². The first-order chi connectivity index (χ1) is 13.0. The Bertz CT molecular complexity index is 840. The highest BCUT2D eigenvalue weighted by Gasteiger charge is 2.40. The third-order valence-electron chi connectivity index (χ3n) is 5.84. The Morgan fingerprint density at radius 1 is 1.21 bits per heavy atom. The molecular formula is C19H24ClN5O3. The van der Waals surface area contributed by atoms with Gasteiger partial charge in [-0.2, -0.15) is 5.10 Å². The summed E-state index contributed by atoms with van der Waals surface area (Å²) in [5, 5.41) is 18.2. The number of carbonyl (C=O) groups excluding carboxylic acids is 1. The molecule has 2 fully saturated rings. The minimum Gasteiger partial charge on any atom is -0.349 e. The van der Waals surface area contributed by atoms with E-state index in [2.05, 4.69) is 10.4 Å². The molecule has 0 aliphatic heterocycles. The fourth-order valence-corrected chi connectivity index (χ4v) is 4.57. The Morgan fingerprint density at radius 3 is 2.46 bits per heavy atom. The second kappa shape index (κ2) is 8.28. The highest BCUT2D eigenvalue weighted by atomic mass is 35.5. The molecule has 1 aromatic carbocycles. The van der Waals surface area contributed by atoms with E-state index < -0.39 is 4.92 Å². The van der Waals surface area contributed by atoms with Gasteiger partial charge in [0.25, 0.3) is 11.6 Å². The number of nitro benzene ring substituents is 1. The summed E-state index contributed by atoms with van der Waals surface area (Å²) < 4.78 is 1.55. The lowest BCUT2D eigenvalue weighted by atomic mass is 9.67. The van der Waals surface area contributed by atoms with Crippen LogP contribution >= 0.6 is 12.4 Å². The molecule has 2 aliphatic carbocycles. The quantitative estimate of drug-likeness (QED) is 0.599. The van der Waals surface area contributed by atoms with Crippen LogP contribution in [0.3, 0.4) is 0 Å². The lowest BCUT2D eigenvalue weighted by Gasteiger charge is -2.45. The number of halogens is 1. The van der Waals surface area contributed by atoms with Crippen LogP contribution < -0.4 is 11.1 Å². The molecule has 150 valence electrons. The van der Waals surface area contributed by atoms with Crippen LogP contribution in [0.5, 0.6) is 0 Å². The molecule has 4 rings (SSSR count). The third-order valence-corrected chi connectivity index (χ3v) is 5.84. The van der Waals surface area contributed by atoms with Gasteiger partial charge in [-0.25, -0.2) is 4.68 Å². The van der Waals surface area contributed by atoms with Crippen LogP contribution in [0.15, 0.2) is 36.7 Å². The summed E-state index contributed by atoms with van der Waals surface area (Å²) in [7, 11) is 0. The lowest BCUT2D eigenvalue weighted by molar-refractivity contribution is -0.384. The first-order valence-electron chi connectivity index (χ1n) is 9.37. The molecule has 1 aromatic heterocycles. The number of carbonyl (C=O) groups is 1. The number of nitrogens with two attached hydrogens (primary N) is 1. The van der Waals surface area contributed by atoms with Crippen molar-refractivity contribution in [3.05, 3.63) is 52.3 Å².